The summed E-state index contributed by atoms with van der Waals surface area (Å²) in [5.41, 5.74) is 1.27. The topological polar surface area (TPSA) is 45.7 Å². The molecule has 0 fully saturated rings. The van der Waals surface area contributed by atoms with Crippen molar-refractivity contribution in [2.75, 3.05) is 26.7 Å². The standard InChI is InChI=1S/C14H23N3O.HI/c1-4-15-14(16-5-2)17-11-10-12-6-8-13(18-3)9-7-12;/h6-9H,4-5,10-11H2,1-3H3,(H2,15,16,17);1H. The van der Waals surface area contributed by atoms with Crippen LogP contribution in [0.4, 0.5) is 0 Å². The molecule has 0 aliphatic heterocycles. The van der Waals surface area contributed by atoms with Gasteiger partial charge in [-0.2, -0.15) is 0 Å². The number of benzene rings is 1. The van der Waals surface area contributed by atoms with E-state index in [0.29, 0.717) is 0 Å². The lowest BCUT2D eigenvalue weighted by atomic mass is 10.1. The van der Waals surface area contributed by atoms with Crippen LogP contribution in [-0.4, -0.2) is 32.7 Å². The smallest absolute Gasteiger partial charge is 0.191 e. The summed E-state index contributed by atoms with van der Waals surface area (Å²) in [5.74, 6) is 1.77. The highest BCUT2D eigenvalue weighted by molar-refractivity contribution is 14.0. The minimum Gasteiger partial charge on any atom is -0.497 e. The molecule has 0 aromatic heterocycles. The molecule has 0 amide bonds. The Hall–Kier alpha value is -0.980. The van der Waals surface area contributed by atoms with Crippen LogP contribution >= 0.6 is 24.0 Å². The molecule has 5 heteroatoms. The highest BCUT2D eigenvalue weighted by atomic mass is 127. The molecule has 108 valence electrons. The number of halogens is 1. The summed E-state index contributed by atoms with van der Waals surface area (Å²) < 4.78 is 5.13. The fourth-order valence-corrected chi connectivity index (χ4v) is 1.60. The Morgan fingerprint density at radius 2 is 1.68 bits per heavy atom. The number of aliphatic imine (C=N–C) groups is 1. The first kappa shape index (κ1) is 18.0. The lowest BCUT2D eigenvalue weighted by Gasteiger charge is -2.09. The summed E-state index contributed by atoms with van der Waals surface area (Å²) in [7, 11) is 1.68. The molecule has 1 rings (SSSR count). The molecule has 0 saturated carbocycles. The molecule has 0 saturated heterocycles. The fourth-order valence-electron chi connectivity index (χ4n) is 1.60. The number of ether oxygens (including phenoxy) is 1. The first-order chi connectivity index (χ1) is 8.80. The largest absolute Gasteiger partial charge is 0.497 e. The summed E-state index contributed by atoms with van der Waals surface area (Å²) in [5, 5.41) is 6.41. The van der Waals surface area contributed by atoms with Gasteiger partial charge in [-0.05, 0) is 38.0 Å². The third-order valence-electron chi connectivity index (χ3n) is 2.52. The van der Waals surface area contributed by atoms with E-state index in [0.717, 1.165) is 37.8 Å². The summed E-state index contributed by atoms with van der Waals surface area (Å²) >= 11 is 0. The van der Waals surface area contributed by atoms with Crippen LogP contribution in [0.2, 0.25) is 0 Å². The molecule has 0 heterocycles. The van der Waals surface area contributed by atoms with Crippen LogP contribution in [0.25, 0.3) is 0 Å². The molecule has 2 N–H and O–H groups in total. The first-order valence-corrected chi connectivity index (χ1v) is 6.45. The third kappa shape index (κ3) is 7.25. The number of hydrogen-bond donors (Lipinski definition) is 2. The van der Waals surface area contributed by atoms with Crippen molar-refractivity contribution in [3.63, 3.8) is 0 Å². The van der Waals surface area contributed by atoms with E-state index < -0.39 is 0 Å². The van der Waals surface area contributed by atoms with Crippen LogP contribution in [0.5, 0.6) is 5.75 Å². The van der Waals surface area contributed by atoms with E-state index in [2.05, 4.69) is 41.6 Å². The van der Waals surface area contributed by atoms with Crippen molar-refractivity contribution in [3.8, 4) is 5.75 Å². The maximum atomic E-state index is 5.13. The van der Waals surface area contributed by atoms with Gasteiger partial charge in [-0.3, -0.25) is 4.99 Å². The van der Waals surface area contributed by atoms with E-state index in [1.165, 1.54) is 5.56 Å². The van der Waals surface area contributed by atoms with E-state index in [9.17, 15) is 0 Å². The van der Waals surface area contributed by atoms with Crippen molar-refractivity contribution >= 4 is 29.9 Å². The molecular weight excluding hydrogens is 353 g/mol. The Labute approximate surface area is 133 Å². The predicted molar refractivity (Wildman–Crippen MR) is 91.8 cm³/mol. The Balaban J connectivity index is 0.00000324. The van der Waals surface area contributed by atoms with Gasteiger partial charge in [0.2, 0.25) is 0 Å². The van der Waals surface area contributed by atoms with Crippen LogP contribution in [0.15, 0.2) is 29.3 Å². The van der Waals surface area contributed by atoms with Crippen LogP contribution in [0, 0.1) is 0 Å². The molecule has 0 bridgehead atoms. The highest BCUT2D eigenvalue weighted by Crippen LogP contribution is 2.11. The van der Waals surface area contributed by atoms with Crippen molar-refractivity contribution in [1.29, 1.82) is 0 Å². The Bertz CT molecular complexity index is 357. The minimum absolute atomic E-state index is 0. The Kier molecular flexibility index (Phi) is 10.3. The summed E-state index contributed by atoms with van der Waals surface area (Å²) in [6.07, 6.45) is 0.935. The predicted octanol–water partition coefficient (Wildman–Crippen LogP) is 2.43. The summed E-state index contributed by atoms with van der Waals surface area (Å²) in [6.45, 7) is 6.68. The molecule has 0 radical (unpaired) electrons. The van der Waals surface area contributed by atoms with E-state index in [4.69, 9.17) is 4.74 Å². The molecule has 0 atom stereocenters. The maximum absolute atomic E-state index is 5.13. The second kappa shape index (κ2) is 10.9. The molecule has 0 aliphatic rings. The van der Waals surface area contributed by atoms with Crippen molar-refractivity contribution in [2.24, 2.45) is 4.99 Å². The first-order valence-electron chi connectivity index (χ1n) is 6.45. The van der Waals surface area contributed by atoms with Gasteiger partial charge in [0.15, 0.2) is 5.96 Å². The second-order valence-corrected chi connectivity index (χ2v) is 3.89. The lowest BCUT2D eigenvalue weighted by Crippen LogP contribution is -2.37. The molecule has 1 aromatic rings. The zero-order valence-electron chi connectivity index (χ0n) is 11.9. The quantitative estimate of drug-likeness (QED) is 0.455. The van der Waals surface area contributed by atoms with Crippen molar-refractivity contribution < 1.29 is 4.74 Å². The monoisotopic (exact) mass is 377 g/mol. The van der Waals surface area contributed by atoms with Gasteiger partial charge in [-0.25, -0.2) is 0 Å². The molecule has 4 nitrogen and oxygen atoms in total. The van der Waals surface area contributed by atoms with Gasteiger partial charge in [0, 0.05) is 19.6 Å². The summed E-state index contributed by atoms with van der Waals surface area (Å²) in [6, 6.07) is 8.12. The van der Waals surface area contributed by atoms with Gasteiger partial charge < -0.3 is 15.4 Å². The van der Waals surface area contributed by atoms with E-state index in [-0.39, 0.29) is 24.0 Å². The minimum atomic E-state index is 0. The number of guanidine groups is 1. The van der Waals surface area contributed by atoms with E-state index >= 15 is 0 Å². The Morgan fingerprint density at radius 1 is 1.11 bits per heavy atom. The lowest BCUT2D eigenvalue weighted by molar-refractivity contribution is 0.414. The second-order valence-electron chi connectivity index (χ2n) is 3.89. The van der Waals surface area contributed by atoms with Crippen LogP contribution in [0.3, 0.4) is 0 Å². The van der Waals surface area contributed by atoms with Gasteiger partial charge in [0.1, 0.15) is 5.75 Å². The molecule has 0 aliphatic carbocycles. The van der Waals surface area contributed by atoms with Gasteiger partial charge in [-0.1, -0.05) is 12.1 Å². The molecule has 19 heavy (non-hydrogen) atoms. The average molecular weight is 377 g/mol. The fraction of sp³-hybridized carbons (Fsp3) is 0.500. The van der Waals surface area contributed by atoms with Crippen molar-refractivity contribution in [3.05, 3.63) is 29.8 Å². The summed E-state index contributed by atoms with van der Waals surface area (Å²) in [4.78, 5) is 4.50. The van der Waals surface area contributed by atoms with Crippen LogP contribution in [0.1, 0.15) is 19.4 Å². The highest BCUT2D eigenvalue weighted by Gasteiger charge is 1.96. The third-order valence-corrected chi connectivity index (χ3v) is 2.52. The number of methoxy groups -OCH3 is 1. The zero-order chi connectivity index (χ0) is 13.2. The SMILES string of the molecule is CCNC(=NCCc1ccc(OC)cc1)NCC.I. The molecule has 0 unspecified atom stereocenters. The van der Waals surface area contributed by atoms with Crippen molar-refractivity contribution in [2.45, 2.75) is 20.3 Å². The maximum Gasteiger partial charge on any atom is 0.191 e. The molecule has 0 spiro atoms. The number of rotatable bonds is 6. The van der Waals surface area contributed by atoms with E-state index in [1.54, 1.807) is 7.11 Å². The van der Waals surface area contributed by atoms with Gasteiger partial charge in [0.05, 0.1) is 7.11 Å². The zero-order valence-corrected chi connectivity index (χ0v) is 14.2. The van der Waals surface area contributed by atoms with Crippen molar-refractivity contribution in [1.82, 2.24) is 10.6 Å². The average Bonchev–Trinajstić information content (AvgIpc) is 2.40. The number of hydrogen-bond acceptors (Lipinski definition) is 2. The van der Waals surface area contributed by atoms with Crippen LogP contribution in [-0.2, 0) is 6.42 Å². The Morgan fingerprint density at radius 3 is 2.16 bits per heavy atom. The van der Waals surface area contributed by atoms with Gasteiger partial charge in [0.25, 0.3) is 0 Å². The normalized spacial score (nSPS) is 9.21. The molecule has 1 aromatic carbocycles. The number of nitrogens with zero attached hydrogens (tertiary/aromatic N) is 1. The van der Waals surface area contributed by atoms with E-state index in [1.807, 2.05) is 12.1 Å². The molecular formula is C14H24IN3O. The van der Waals surface area contributed by atoms with Crippen LogP contribution < -0.4 is 15.4 Å². The van der Waals surface area contributed by atoms with Gasteiger partial charge >= 0.3 is 0 Å². The number of nitrogens with one attached hydrogen (secondary N) is 2. The van der Waals surface area contributed by atoms with Gasteiger partial charge in [-0.15, -0.1) is 24.0 Å².